The van der Waals surface area contributed by atoms with Crippen molar-refractivity contribution >= 4 is 28.3 Å². The zero-order chi connectivity index (χ0) is 16.5. The maximum Gasteiger partial charge on any atom is 0.259 e. The van der Waals surface area contributed by atoms with Gasteiger partial charge in [-0.1, -0.05) is 35.9 Å². The number of hydrogen-bond acceptors (Lipinski definition) is 2. The molecule has 1 heterocycles. The van der Waals surface area contributed by atoms with Gasteiger partial charge in [0.15, 0.2) is 0 Å². The molecule has 0 atom stereocenters. The minimum absolute atomic E-state index is 0.0694. The lowest BCUT2D eigenvalue weighted by Crippen LogP contribution is -2.39. The van der Waals surface area contributed by atoms with Crippen LogP contribution in [-0.4, -0.2) is 24.9 Å². The van der Waals surface area contributed by atoms with Crippen molar-refractivity contribution in [1.29, 1.82) is 0 Å². The van der Waals surface area contributed by atoms with Crippen LogP contribution in [-0.2, 0) is 4.79 Å². The Morgan fingerprint density at radius 3 is 2.75 bits per heavy atom. The monoisotopic (exact) mass is 320 g/mol. The highest BCUT2D eigenvalue weighted by atomic mass is 16.2. The van der Waals surface area contributed by atoms with E-state index in [0.717, 1.165) is 29.3 Å². The summed E-state index contributed by atoms with van der Waals surface area (Å²) < 4.78 is 0. The number of nitrogens with one attached hydrogen (secondary N) is 1. The van der Waals surface area contributed by atoms with E-state index in [1.54, 1.807) is 4.90 Å². The molecule has 4 rings (SSSR count). The van der Waals surface area contributed by atoms with Gasteiger partial charge in [-0.05, 0) is 43.2 Å². The van der Waals surface area contributed by atoms with Crippen LogP contribution >= 0.6 is 0 Å². The number of allylic oxidation sites excluding steroid dienone is 1. The number of rotatable bonds is 4. The Hall–Kier alpha value is -2.62. The normalized spacial score (nSPS) is 16.4. The van der Waals surface area contributed by atoms with E-state index in [-0.39, 0.29) is 18.4 Å². The average Bonchev–Trinajstić information content (AvgIpc) is 2.89. The largest absolute Gasteiger partial charge is 0.351 e. The molecule has 1 N–H and O–H groups in total. The summed E-state index contributed by atoms with van der Waals surface area (Å²) in [6.45, 7) is 0.665. The molecule has 0 spiro atoms. The second-order valence-corrected chi connectivity index (χ2v) is 6.46. The number of benzene rings is 2. The summed E-state index contributed by atoms with van der Waals surface area (Å²) in [6.07, 6.45) is 6.83. The lowest BCUT2D eigenvalue weighted by molar-refractivity contribution is -0.119. The summed E-state index contributed by atoms with van der Waals surface area (Å²) in [5, 5.41) is 4.94. The quantitative estimate of drug-likeness (QED) is 0.878. The number of carbonyl (C=O) groups is 2. The molecule has 1 aliphatic heterocycles. The van der Waals surface area contributed by atoms with Gasteiger partial charge in [0.25, 0.3) is 5.91 Å². The third kappa shape index (κ3) is 2.58. The molecule has 0 radical (unpaired) electrons. The molecule has 4 heteroatoms. The summed E-state index contributed by atoms with van der Waals surface area (Å²) in [5.74, 6) is -0.200. The van der Waals surface area contributed by atoms with Gasteiger partial charge in [-0.2, -0.15) is 0 Å². The Morgan fingerprint density at radius 1 is 1.12 bits per heavy atom. The predicted octanol–water partition coefficient (Wildman–Crippen LogP) is 3.42. The van der Waals surface area contributed by atoms with Crippen LogP contribution in [0.2, 0.25) is 0 Å². The average molecular weight is 320 g/mol. The van der Waals surface area contributed by atoms with Crippen LogP contribution in [0.5, 0.6) is 0 Å². The topological polar surface area (TPSA) is 49.4 Å². The van der Waals surface area contributed by atoms with E-state index < -0.39 is 0 Å². The van der Waals surface area contributed by atoms with Gasteiger partial charge in [0.05, 0.1) is 5.69 Å². The minimum Gasteiger partial charge on any atom is -0.351 e. The van der Waals surface area contributed by atoms with Crippen LogP contribution in [0.25, 0.3) is 10.8 Å². The molecule has 2 amide bonds. The molecule has 0 saturated heterocycles. The van der Waals surface area contributed by atoms with E-state index in [9.17, 15) is 9.59 Å². The standard InChI is InChI=1S/C20H20N2O2/c23-18(21-12-14-6-2-1-3-7-14)13-22-17-11-5-9-15-8-4-10-16(19(15)17)20(22)24/h4-6,8-11H,1-3,7,12-13H2,(H,21,23). The number of hydrogen-bond donors (Lipinski definition) is 1. The van der Waals surface area contributed by atoms with E-state index in [1.807, 2.05) is 36.4 Å². The number of carbonyl (C=O) groups excluding carboxylic acids is 2. The lowest BCUT2D eigenvalue weighted by Gasteiger charge is -2.18. The van der Waals surface area contributed by atoms with E-state index in [2.05, 4.69) is 11.4 Å². The summed E-state index contributed by atoms with van der Waals surface area (Å²) in [5.41, 5.74) is 2.82. The van der Waals surface area contributed by atoms with Crippen molar-refractivity contribution in [3.63, 3.8) is 0 Å². The van der Waals surface area contributed by atoms with Crippen LogP contribution < -0.4 is 10.2 Å². The minimum atomic E-state index is -0.111. The fraction of sp³-hybridized carbons (Fsp3) is 0.300. The molecule has 122 valence electrons. The fourth-order valence-corrected chi connectivity index (χ4v) is 3.61. The van der Waals surface area contributed by atoms with Crippen molar-refractivity contribution in [2.24, 2.45) is 0 Å². The zero-order valence-electron chi connectivity index (χ0n) is 13.5. The summed E-state index contributed by atoms with van der Waals surface area (Å²) in [7, 11) is 0. The number of amides is 2. The SMILES string of the molecule is O=C(CN1C(=O)c2cccc3cccc1c23)NCC1=CCCCC1. The molecule has 2 aromatic rings. The Balaban J connectivity index is 1.49. The molecule has 4 nitrogen and oxygen atoms in total. The van der Waals surface area contributed by atoms with Crippen LogP contribution in [0.3, 0.4) is 0 Å². The fourth-order valence-electron chi connectivity index (χ4n) is 3.61. The molecular weight excluding hydrogens is 300 g/mol. The zero-order valence-corrected chi connectivity index (χ0v) is 13.5. The van der Waals surface area contributed by atoms with Crippen molar-refractivity contribution in [3.05, 3.63) is 53.6 Å². The number of anilines is 1. The first-order chi connectivity index (χ1) is 11.7. The molecule has 2 aromatic carbocycles. The molecule has 0 aromatic heterocycles. The van der Waals surface area contributed by atoms with E-state index in [4.69, 9.17) is 0 Å². The van der Waals surface area contributed by atoms with Gasteiger partial charge in [0, 0.05) is 17.5 Å². The van der Waals surface area contributed by atoms with Crippen molar-refractivity contribution in [2.75, 3.05) is 18.0 Å². The summed E-state index contributed by atoms with van der Waals surface area (Å²) in [6, 6.07) is 11.5. The second kappa shape index (κ2) is 6.11. The molecule has 0 fully saturated rings. The maximum atomic E-state index is 12.7. The van der Waals surface area contributed by atoms with Crippen LogP contribution in [0.1, 0.15) is 36.0 Å². The predicted molar refractivity (Wildman–Crippen MR) is 95.2 cm³/mol. The Kier molecular flexibility index (Phi) is 3.81. The van der Waals surface area contributed by atoms with Gasteiger partial charge < -0.3 is 5.32 Å². The summed E-state index contributed by atoms with van der Waals surface area (Å²) >= 11 is 0. The second-order valence-electron chi connectivity index (χ2n) is 6.46. The lowest BCUT2D eigenvalue weighted by atomic mass is 10.00. The van der Waals surface area contributed by atoms with Crippen LogP contribution in [0, 0.1) is 0 Å². The molecule has 24 heavy (non-hydrogen) atoms. The van der Waals surface area contributed by atoms with Crippen molar-refractivity contribution in [1.82, 2.24) is 5.32 Å². The van der Waals surface area contributed by atoms with Crippen LogP contribution in [0.15, 0.2) is 48.0 Å². The Morgan fingerprint density at radius 2 is 1.96 bits per heavy atom. The van der Waals surface area contributed by atoms with Gasteiger partial charge in [-0.15, -0.1) is 0 Å². The van der Waals surface area contributed by atoms with Gasteiger partial charge in [-0.3, -0.25) is 14.5 Å². The van der Waals surface area contributed by atoms with Crippen molar-refractivity contribution in [2.45, 2.75) is 25.7 Å². The van der Waals surface area contributed by atoms with Crippen molar-refractivity contribution in [3.8, 4) is 0 Å². The highest BCUT2D eigenvalue weighted by molar-refractivity contribution is 6.26. The molecular formula is C20H20N2O2. The Bertz CT molecular complexity index is 849. The van der Waals surface area contributed by atoms with Gasteiger partial charge in [0.1, 0.15) is 6.54 Å². The first-order valence-electron chi connectivity index (χ1n) is 8.52. The number of nitrogens with zero attached hydrogens (tertiary/aromatic N) is 1. The first-order valence-corrected chi connectivity index (χ1v) is 8.52. The highest BCUT2D eigenvalue weighted by Crippen LogP contribution is 2.36. The smallest absolute Gasteiger partial charge is 0.259 e. The van der Waals surface area contributed by atoms with E-state index >= 15 is 0 Å². The molecule has 0 unspecified atom stereocenters. The molecule has 1 aliphatic carbocycles. The van der Waals surface area contributed by atoms with Crippen molar-refractivity contribution < 1.29 is 9.59 Å². The van der Waals surface area contributed by atoms with Gasteiger partial charge >= 0.3 is 0 Å². The summed E-state index contributed by atoms with van der Waals surface area (Å²) in [4.78, 5) is 26.6. The molecule has 0 saturated carbocycles. The highest BCUT2D eigenvalue weighted by Gasteiger charge is 2.30. The first kappa shape index (κ1) is 14.9. The van der Waals surface area contributed by atoms with E-state index in [0.29, 0.717) is 12.1 Å². The Labute approximate surface area is 141 Å². The molecule has 2 aliphatic rings. The molecule has 0 bridgehead atoms. The van der Waals surface area contributed by atoms with Crippen LogP contribution in [0.4, 0.5) is 5.69 Å². The van der Waals surface area contributed by atoms with E-state index in [1.165, 1.54) is 18.4 Å². The third-order valence-electron chi connectivity index (χ3n) is 4.85. The maximum absolute atomic E-state index is 12.7. The van der Waals surface area contributed by atoms with Gasteiger partial charge in [0.2, 0.25) is 5.91 Å². The third-order valence-corrected chi connectivity index (χ3v) is 4.85. The van der Waals surface area contributed by atoms with Gasteiger partial charge in [-0.25, -0.2) is 0 Å².